The lowest BCUT2D eigenvalue weighted by Crippen LogP contribution is -2.46. The summed E-state index contributed by atoms with van der Waals surface area (Å²) in [6.45, 7) is 5.81. The molecular formula is C21H25BrN4O3. The van der Waals surface area contributed by atoms with Crippen molar-refractivity contribution in [2.24, 2.45) is 5.10 Å². The lowest BCUT2D eigenvalue weighted by atomic mass is 10.1. The van der Waals surface area contributed by atoms with Crippen LogP contribution in [0.3, 0.4) is 0 Å². The molecule has 0 amide bonds. The first kappa shape index (κ1) is 21.1. The van der Waals surface area contributed by atoms with E-state index in [0.29, 0.717) is 17.1 Å². The second kappa shape index (κ2) is 9.76. The molecule has 0 bridgehead atoms. The predicted octanol–water partition coefficient (Wildman–Crippen LogP) is 4.17. The summed E-state index contributed by atoms with van der Waals surface area (Å²) in [6, 6.07) is 14.5. The molecule has 0 fully saturated rings. The average Bonchev–Trinajstić information content (AvgIpc) is 3.09. The molecule has 1 atom stereocenters. The first-order valence-electron chi connectivity index (χ1n) is 9.67. The van der Waals surface area contributed by atoms with Gasteiger partial charge in [0.2, 0.25) is 6.10 Å². The molecule has 154 valence electrons. The Kier molecular flexibility index (Phi) is 7.11. The molecule has 1 heterocycles. The summed E-state index contributed by atoms with van der Waals surface area (Å²) in [7, 11) is 0. The Labute approximate surface area is 179 Å². The Morgan fingerprint density at radius 3 is 2.62 bits per heavy atom. The van der Waals surface area contributed by atoms with E-state index in [2.05, 4.69) is 45.4 Å². The van der Waals surface area contributed by atoms with E-state index < -0.39 is 12.1 Å². The third kappa shape index (κ3) is 4.89. The summed E-state index contributed by atoms with van der Waals surface area (Å²) in [5.41, 5.74) is 4.36. The molecule has 7 nitrogen and oxygen atoms in total. The first-order chi connectivity index (χ1) is 14.0. The van der Waals surface area contributed by atoms with Crippen LogP contribution in [0.4, 0.5) is 0 Å². The van der Waals surface area contributed by atoms with E-state index in [-0.39, 0.29) is 0 Å². The molecule has 29 heavy (non-hydrogen) atoms. The smallest absolute Gasteiger partial charge is 0.349 e. The maximum absolute atomic E-state index is 12.0. The highest BCUT2D eigenvalue weighted by atomic mass is 79.9. The molecule has 2 aromatic rings. The fourth-order valence-electron chi connectivity index (χ4n) is 3.16. The topological polar surface area (TPSA) is 77.4 Å². The van der Waals surface area contributed by atoms with Gasteiger partial charge in [-0.1, -0.05) is 54.0 Å². The van der Waals surface area contributed by atoms with Gasteiger partial charge in [0.15, 0.2) is 5.84 Å². The van der Waals surface area contributed by atoms with Gasteiger partial charge in [-0.15, -0.1) is 10.2 Å². The van der Waals surface area contributed by atoms with Crippen LogP contribution in [0, 0.1) is 0 Å². The van der Waals surface area contributed by atoms with Gasteiger partial charge < -0.3 is 9.84 Å². The molecule has 2 N–H and O–H groups in total. The van der Waals surface area contributed by atoms with Gasteiger partial charge >= 0.3 is 5.97 Å². The average molecular weight is 461 g/mol. The van der Waals surface area contributed by atoms with Crippen LogP contribution in [0.2, 0.25) is 0 Å². The molecule has 0 saturated carbocycles. The van der Waals surface area contributed by atoms with E-state index in [1.54, 1.807) is 24.3 Å². The number of hydrazine groups is 2. The number of rotatable bonds is 9. The molecule has 1 aliphatic rings. The molecular weight excluding hydrogens is 436 g/mol. The van der Waals surface area contributed by atoms with E-state index in [1.165, 1.54) is 0 Å². The number of hydrogen-bond acceptors (Lipinski definition) is 6. The number of hydrogen-bond donors (Lipinski definition) is 2. The number of nitrogens with zero attached hydrogens (tertiary/aromatic N) is 3. The van der Waals surface area contributed by atoms with Crippen LogP contribution in [0.5, 0.6) is 5.75 Å². The van der Waals surface area contributed by atoms with E-state index in [0.717, 1.165) is 36.0 Å². The fraction of sp³-hybridized carbons (Fsp3) is 0.333. The fourth-order valence-corrected chi connectivity index (χ4v) is 3.58. The number of ether oxygens (including phenoxy) is 1. The minimum absolute atomic E-state index is 0.472. The van der Waals surface area contributed by atoms with Crippen molar-refractivity contribution in [1.29, 1.82) is 0 Å². The zero-order chi connectivity index (χ0) is 20.8. The maximum atomic E-state index is 12.0. The standard InChI is InChI=1S/C21H25BrN4O3/c1-3-12-25-20(23-24-26(25)13-4-2)17-10-5-6-11-18(17)29-19(21(27)28)15-8-7-9-16(22)14-15/h5-11,14,19,24H,3-4,12-13H2,1-2H3,(H,27,28). The molecule has 1 aliphatic heterocycles. The zero-order valence-electron chi connectivity index (χ0n) is 16.5. The maximum Gasteiger partial charge on any atom is 0.349 e. The molecule has 3 rings (SSSR count). The largest absolute Gasteiger partial charge is 0.478 e. The van der Waals surface area contributed by atoms with Gasteiger partial charge in [0.05, 0.1) is 5.56 Å². The van der Waals surface area contributed by atoms with Crippen LogP contribution in [-0.2, 0) is 4.79 Å². The monoisotopic (exact) mass is 460 g/mol. The highest BCUT2D eigenvalue weighted by Crippen LogP contribution is 2.29. The minimum Gasteiger partial charge on any atom is -0.478 e. The van der Waals surface area contributed by atoms with Crippen molar-refractivity contribution >= 4 is 27.7 Å². The van der Waals surface area contributed by atoms with Crippen LogP contribution in [0.1, 0.15) is 43.9 Å². The van der Waals surface area contributed by atoms with Crippen molar-refractivity contribution in [1.82, 2.24) is 15.7 Å². The highest BCUT2D eigenvalue weighted by molar-refractivity contribution is 9.10. The van der Waals surface area contributed by atoms with Gasteiger partial charge in [0, 0.05) is 23.1 Å². The second-order valence-electron chi connectivity index (χ2n) is 6.67. The Hall–Kier alpha value is -2.58. The number of amidine groups is 1. The number of aliphatic carboxylic acids is 1. The molecule has 1 unspecified atom stereocenters. The summed E-state index contributed by atoms with van der Waals surface area (Å²) in [4.78, 5) is 12.0. The number of halogens is 1. The first-order valence-corrected chi connectivity index (χ1v) is 10.5. The Morgan fingerprint density at radius 2 is 1.93 bits per heavy atom. The Bertz CT molecular complexity index is 890. The van der Waals surface area contributed by atoms with Crippen molar-refractivity contribution in [3.05, 3.63) is 64.1 Å². The number of carboxylic acids is 1. The summed E-state index contributed by atoms with van der Waals surface area (Å²) in [6.07, 6.45) is 0.785. The van der Waals surface area contributed by atoms with Crippen molar-refractivity contribution in [3.8, 4) is 5.75 Å². The van der Waals surface area contributed by atoms with Gasteiger partial charge in [-0.3, -0.25) is 5.01 Å². The van der Waals surface area contributed by atoms with Gasteiger partial charge in [0.1, 0.15) is 5.75 Å². The minimum atomic E-state index is -1.13. The number of benzene rings is 2. The van der Waals surface area contributed by atoms with Gasteiger partial charge in [-0.2, -0.15) is 0 Å². The van der Waals surface area contributed by atoms with Crippen LogP contribution in [-0.4, -0.2) is 40.1 Å². The van der Waals surface area contributed by atoms with Gasteiger partial charge in [-0.05, 0) is 37.1 Å². The number of para-hydroxylation sites is 1. The summed E-state index contributed by atoms with van der Waals surface area (Å²) >= 11 is 3.39. The number of hydrazone groups is 1. The van der Waals surface area contributed by atoms with E-state index in [1.807, 2.05) is 29.4 Å². The van der Waals surface area contributed by atoms with Crippen LogP contribution >= 0.6 is 15.9 Å². The molecule has 0 radical (unpaired) electrons. The quantitative estimate of drug-likeness (QED) is 0.584. The number of carbonyl (C=O) groups is 1. The lowest BCUT2D eigenvalue weighted by Gasteiger charge is -2.29. The molecule has 0 aliphatic carbocycles. The molecule has 8 heteroatoms. The highest BCUT2D eigenvalue weighted by Gasteiger charge is 2.29. The van der Waals surface area contributed by atoms with Crippen molar-refractivity contribution in [3.63, 3.8) is 0 Å². The molecule has 0 spiro atoms. The molecule has 2 aromatic carbocycles. The Balaban J connectivity index is 1.93. The van der Waals surface area contributed by atoms with Crippen LogP contribution < -0.4 is 10.3 Å². The van der Waals surface area contributed by atoms with E-state index in [4.69, 9.17) is 4.74 Å². The summed E-state index contributed by atoms with van der Waals surface area (Å²) < 4.78 is 6.81. The molecule has 0 saturated heterocycles. The SMILES string of the molecule is CCCN1NN=C(c2ccccc2OC(C(=O)O)c2cccc(Br)c2)N1CCC. The molecule has 0 aromatic heterocycles. The Morgan fingerprint density at radius 1 is 1.17 bits per heavy atom. The predicted molar refractivity (Wildman–Crippen MR) is 115 cm³/mol. The number of carboxylic acid groups (broad SMARTS) is 1. The van der Waals surface area contributed by atoms with E-state index >= 15 is 0 Å². The van der Waals surface area contributed by atoms with Crippen molar-refractivity contribution < 1.29 is 14.6 Å². The van der Waals surface area contributed by atoms with Gasteiger partial charge in [-0.25, -0.2) is 10.3 Å². The number of nitrogens with one attached hydrogen (secondary N) is 1. The van der Waals surface area contributed by atoms with Crippen molar-refractivity contribution in [2.75, 3.05) is 13.1 Å². The van der Waals surface area contributed by atoms with Crippen LogP contribution in [0.25, 0.3) is 0 Å². The summed E-state index contributed by atoms with van der Waals surface area (Å²) in [5.74, 6) is 0.136. The normalized spacial score (nSPS) is 15.0. The van der Waals surface area contributed by atoms with Crippen LogP contribution in [0.15, 0.2) is 58.1 Å². The van der Waals surface area contributed by atoms with Crippen molar-refractivity contribution in [2.45, 2.75) is 32.8 Å². The second-order valence-corrected chi connectivity index (χ2v) is 7.58. The third-order valence-electron chi connectivity index (χ3n) is 4.43. The summed E-state index contributed by atoms with van der Waals surface area (Å²) in [5, 5.41) is 18.3. The zero-order valence-corrected chi connectivity index (χ0v) is 18.1. The third-order valence-corrected chi connectivity index (χ3v) is 4.92. The lowest BCUT2D eigenvalue weighted by molar-refractivity contribution is -0.145. The van der Waals surface area contributed by atoms with Gasteiger partial charge in [0.25, 0.3) is 0 Å². The van der Waals surface area contributed by atoms with E-state index in [9.17, 15) is 9.90 Å².